The van der Waals surface area contributed by atoms with Crippen molar-refractivity contribution in [2.45, 2.75) is 64.3 Å². The zero-order chi connectivity index (χ0) is 18.0. The van der Waals surface area contributed by atoms with E-state index in [4.69, 9.17) is 0 Å². The maximum absolute atomic E-state index is 12.9. The largest absolute Gasteiger partial charge is 0.345 e. The van der Waals surface area contributed by atoms with Gasteiger partial charge in [0.1, 0.15) is 5.69 Å². The highest BCUT2D eigenvalue weighted by atomic mass is 16.2. The third-order valence-corrected chi connectivity index (χ3v) is 5.43. The van der Waals surface area contributed by atoms with Crippen LogP contribution in [-0.4, -0.2) is 57.9 Å². The first-order valence-electron chi connectivity index (χ1n) is 9.50. The molecule has 1 aliphatic heterocycles. The molecule has 1 aromatic heterocycles. The van der Waals surface area contributed by atoms with Crippen molar-refractivity contribution >= 4 is 5.91 Å². The van der Waals surface area contributed by atoms with Crippen molar-refractivity contribution < 1.29 is 4.79 Å². The van der Waals surface area contributed by atoms with E-state index < -0.39 is 5.69 Å². The highest BCUT2D eigenvalue weighted by molar-refractivity contribution is 5.92. The maximum atomic E-state index is 12.9. The lowest BCUT2D eigenvalue weighted by molar-refractivity contribution is 0.0751. The van der Waals surface area contributed by atoms with Gasteiger partial charge in [0.2, 0.25) is 0 Å². The van der Waals surface area contributed by atoms with Crippen molar-refractivity contribution in [1.82, 2.24) is 19.8 Å². The van der Waals surface area contributed by atoms with Crippen molar-refractivity contribution in [3.05, 3.63) is 27.9 Å². The number of amides is 1. The van der Waals surface area contributed by atoms with Crippen LogP contribution in [0.25, 0.3) is 0 Å². The van der Waals surface area contributed by atoms with Crippen molar-refractivity contribution in [1.29, 1.82) is 0 Å². The summed E-state index contributed by atoms with van der Waals surface area (Å²) in [6, 6.07) is 2.43. The monoisotopic (exact) mass is 346 g/mol. The Kier molecular flexibility index (Phi) is 5.27. The van der Waals surface area contributed by atoms with Crippen molar-refractivity contribution in [3.63, 3.8) is 0 Å². The zero-order valence-electron chi connectivity index (χ0n) is 15.7. The first kappa shape index (κ1) is 18.1. The molecule has 0 radical (unpaired) electrons. The Labute approximate surface area is 149 Å². The van der Waals surface area contributed by atoms with E-state index in [1.165, 1.54) is 25.7 Å². The molecule has 1 aliphatic carbocycles. The van der Waals surface area contributed by atoms with Crippen LogP contribution in [0.1, 0.15) is 69.1 Å². The molecule has 1 N–H and O–H groups in total. The molecule has 3 rings (SSSR count). The third-order valence-electron chi connectivity index (χ3n) is 5.43. The number of hydrogen-bond donors (Lipinski definition) is 1. The normalized spacial score (nSPS) is 20.7. The minimum Gasteiger partial charge on any atom is -0.336 e. The molecule has 2 aliphatic rings. The molecular weight excluding hydrogens is 316 g/mol. The fourth-order valence-corrected chi connectivity index (χ4v) is 3.91. The summed E-state index contributed by atoms with van der Waals surface area (Å²) < 4.78 is 0. The van der Waals surface area contributed by atoms with E-state index in [1.807, 2.05) is 25.7 Å². The van der Waals surface area contributed by atoms with Gasteiger partial charge in [0.05, 0.1) is 0 Å². The molecule has 1 saturated heterocycles. The summed E-state index contributed by atoms with van der Waals surface area (Å²) in [5.74, 6) is -0.120. The van der Waals surface area contributed by atoms with Gasteiger partial charge in [0, 0.05) is 43.3 Å². The standard InChI is InChI=1S/C19H30N4O2/c1-19(2,3)16-13-15(20-18(25)21-16)17(24)23-10-6-9-22(11-12-23)14-7-4-5-8-14/h13-14H,4-12H2,1-3H3,(H,20,21,25). The Hall–Kier alpha value is -1.69. The number of carbonyl (C=O) groups is 1. The second-order valence-corrected chi connectivity index (χ2v) is 8.36. The second-order valence-electron chi connectivity index (χ2n) is 8.36. The summed E-state index contributed by atoms with van der Waals surface area (Å²) in [6.45, 7) is 9.47. The lowest BCUT2D eigenvalue weighted by Gasteiger charge is -2.27. The number of rotatable bonds is 2. The predicted molar refractivity (Wildman–Crippen MR) is 97.9 cm³/mol. The first-order chi connectivity index (χ1) is 11.8. The average molecular weight is 346 g/mol. The van der Waals surface area contributed by atoms with Gasteiger partial charge < -0.3 is 9.88 Å². The SMILES string of the molecule is CC(C)(C)c1cc(C(=O)N2CCCN(C3CCCC3)CC2)nc(=O)[nH]1. The van der Waals surface area contributed by atoms with Gasteiger partial charge in [0.25, 0.3) is 5.91 Å². The molecule has 1 amide bonds. The van der Waals surface area contributed by atoms with Crippen molar-refractivity contribution in [2.24, 2.45) is 0 Å². The van der Waals surface area contributed by atoms with Gasteiger partial charge in [-0.2, -0.15) is 4.98 Å². The molecule has 0 unspecified atom stereocenters. The molecule has 6 nitrogen and oxygen atoms in total. The molecular formula is C19H30N4O2. The summed E-state index contributed by atoms with van der Waals surface area (Å²) in [4.78, 5) is 35.9. The fraction of sp³-hybridized carbons (Fsp3) is 0.737. The lowest BCUT2D eigenvalue weighted by Crippen LogP contribution is -2.39. The summed E-state index contributed by atoms with van der Waals surface area (Å²) in [6.07, 6.45) is 6.22. The Morgan fingerprint density at radius 1 is 1.12 bits per heavy atom. The molecule has 138 valence electrons. The van der Waals surface area contributed by atoms with E-state index in [9.17, 15) is 9.59 Å². The Balaban J connectivity index is 1.72. The molecule has 1 aromatic rings. The quantitative estimate of drug-likeness (QED) is 0.891. The Morgan fingerprint density at radius 2 is 1.84 bits per heavy atom. The molecule has 0 atom stereocenters. The van der Waals surface area contributed by atoms with E-state index in [-0.39, 0.29) is 17.0 Å². The van der Waals surface area contributed by atoms with Crippen LogP contribution in [0.4, 0.5) is 0 Å². The minimum atomic E-state index is -0.446. The van der Waals surface area contributed by atoms with Crippen LogP contribution in [0.2, 0.25) is 0 Å². The highest BCUT2D eigenvalue weighted by Gasteiger charge is 2.27. The summed E-state index contributed by atoms with van der Waals surface area (Å²) >= 11 is 0. The van der Waals surface area contributed by atoms with Crippen LogP contribution in [-0.2, 0) is 5.41 Å². The van der Waals surface area contributed by atoms with Crippen LogP contribution in [0.15, 0.2) is 10.9 Å². The molecule has 0 aromatic carbocycles. The maximum Gasteiger partial charge on any atom is 0.345 e. The average Bonchev–Trinajstić information content (AvgIpc) is 2.97. The van der Waals surface area contributed by atoms with Crippen LogP contribution in [0.3, 0.4) is 0 Å². The summed E-state index contributed by atoms with van der Waals surface area (Å²) in [7, 11) is 0. The molecule has 25 heavy (non-hydrogen) atoms. The van der Waals surface area contributed by atoms with Gasteiger partial charge in [0.15, 0.2) is 0 Å². The van der Waals surface area contributed by atoms with E-state index >= 15 is 0 Å². The first-order valence-corrected chi connectivity index (χ1v) is 9.50. The van der Waals surface area contributed by atoms with Gasteiger partial charge in [-0.05, 0) is 25.3 Å². The van der Waals surface area contributed by atoms with Crippen LogP contribution >= 0.6 is 0 Å². The zero-order valence-corrected chi connectivity index (χ0v) is 15.7. The third kappa shape index (κ3) is 4.29. The number of aromatic nitrogens is 2. The number of H-pyrrole nitrogens is 1. The van der Waals surface area contributed by atoms with Gasteiger partial charge >= 0.3 is 5.69 Å². The Morgan fingerprint density at radius 3 is 2.52 bits per heavy atom. The van der Waals surface area contributed by atoms with E-state index in [1.54, 1.807) is 6.07 Å². The number of carbonyl (C=O) groups excluding carboxylic acids is 1. The van der Waals surface area contributed by atoms with E-state index in [0.717, 1.165) is 31.7 Å². The number of hydrogen-bond acceptors (Lipinski definition) is 4. The topological polar surface area (TPSA) is 69.3 Å². The van der Waals surface area contributed by atoms with Gasteiger partial charge in [-0.15, -0.1) is 0 Å². The van der Waals surface area contributed by atoms with Gasteiger partial charge in [-0.3, -0.25) is 9.69 Å². The molecule has 0 spiro atoms. The number of nitrogens with one attached hydrogen (secondary N) is 1. The fourth-order valence-electron chi connectivity index (χ4n) is 3.91. The summed E-state index contributed by atoms with van der Waals surface area (Å²) in [5, 5.41) is 0. The van der Waals surface area contributed by atoms with Gasteiger partial charge in [-0.1, -0.05) is 33.6 Å². The van der Waals surface area contributed by atoms with Crippen molar-refractivity contribution in [3.8, 4) is 0 Å². The molecule has 6 heteroatoms. The lowest BCUT2D eigenvalue weighted by atomic mass is 9.91. The summed E-state index contributed by atoms with van der Waals surface area (Å²) in [5.41, 5.74) is 0.342. The van der Waals surface area contributed by atoms with Gasteiger partial charge in [-0.25, -0.2) is 4.79 Å². The molecule has 2 heterocycles. The predicted octanol–water partition coefficient (Wildman–Crippen LogP) is 2.16. The van der Waals surface area contributed by atoms with E-state index in [0.29, 0.717) is 12.6 Å². The van der Waals surface area contributed by atoms with Crippen LogP contribution < -0.4 is 5.69 Å². The second kappa shape index (κ2) is 7.28. The van der Waals surface area contributed by atoms with Crippen molar-refractivity contribution in [2.75, 3.05) is 26.2 Å². The Bertz CT molecular complexity index is 671. The highest BCUT2D eigenvalue weighted by Crippen LogP contribution is 2.25. The molecule has 0 bridgehead atoms. The van der Waals surface area contributed by atoms with Crippen LogP contribution in [0.5, 0.6) is 0 Å². The smallest absolute Gasteiger partial charge is 0.336 e. The minimum absolute atomic E-state index is 0.120. The molecule has 2 fully saturated rings. The molecule has 1 saturated carbocycles. The number of nitrogens with zero attached hydrogens (tertiary/aromatic N) is 3. The van der Waals surface area contributed by atoms with Crippen LogP contribution in [0, 0.1) is 0 Å². The van der Waals surface area contributed by atoms with E-state index in [2.05, 4.69) is 14.9 Å². The number of aromatic amines is 1.